The SMILES string of the molecule is CN=C/C(=C\N)c1cnc2cc(C(=O)NC(/C=C(\N)C(F)(F)F)=NC)ccc2c1. The summed E-state index contributed by atoms with van der Waals surface area (Å²) in [5.74, 6) is -0.963. The summed E-state index contributed by atoms with van der Waals surface area (Å²) >= 11 is 0. The molecule has 2 aromatic rings. The summed E-state index contributed by atoms with van der Waals surface area (Å²) in [4.78, 5) is 24.2. The summed E-state index contributed by atoms with van der Waals surface area (Å²) in [6.45, 7) is 0. The van der Waals surface area contributed by atoms with E-state index in [4.69, 9.17) is 11.5 Å². The molecule has 1 aromatic carbocycles. The molecule has 0 aliphatic heterocycles. The summed E-state index contributed by atoms with van der Waals surface area (Å²) in [5.41, 5.74) is 11.3. The zero-order valence-corrected chi connectivity index (χ0v) is 15.7. The molecule has 1 heterocycles. The third-order valence-corrected chi connectivity index (χ3v) is 3.83. The zero-order valence-electron chi connectivity index (χ0n) is 15.7. The molecular weight excluding hydrogens is 385 g/mol. The molecular formula is C19H19F3N6O. The number of nitrogens with two attached hydrogens (primary N) is 2. The molecule has 0 bridgehead atoms. The molecule has 0 radical (unpaired) electrons. The normalized spacial score (nSPS) is 13.9. The number of aromatic nitrogens is 1. The van der Waals surface area contributed by atoms with Crippen molar-refractivity contribution in [1.82, 2.24) is 10.3 Å². The molecule has 0 saturated carbocycles. The molecule has 10 heteroatoms. The Morgan fingerprint density at radius 3 is 2.52 bits per heavy atom. The quantitative estimate of drug-likeness (QED) is 0.535. The number of carbonyl (C=O) groups excluding carboxylic acids is 1. The van der Waals surface area contributed by atoms with Crippen molar-refractivity contribution in [2.75, 3.05) is 14.1 Å². The summed E-state index contributed by atoms with van der Waals surface area (Å²) in [5, 5.41) is 3.03. The van der Waals surface area contributed by atoms with Crippen LogP contribution in [0, 0.1) is 0 Å². The number of nitrogens with one attached hydrogen (secondary N) is 1. The maximum atomic E-state index is 12.6. The van der Waals surface area contributed by atoms with Gasteiger partial charge in [-0.3, -0.25) is 19.8 Å². The van der Waals surface area contributed by atoms with Gasteiger partial charge in [0.05, 0.1) is 5.52 Å². The minimum Gasteiger partial charge on any atom is -0.404 e. The van der Waals surface area contributed by atoms with Crippen molar-refractivity contribution in [3.8, 4) is 0 Å². The number of halogens is 3. The number of nitrogens with zero attached hydrogens (tertiary/aromatic N) is 3. The number of benzene rings is 1. The van der Waals surface area contributed by atoms with Gasteiger partial charge in [-0.15, -0.1) is 0 Å². The Labute approximate surface area is 164 Å². The molecule has 7 nitrogen and oxygen atoms in total. The monoisotopic (exact) mass is 404 g/mol. The van der Waals surface area contributed by atoms with Crippen molar-refractivity contribution in [1.29, 1.82) is 0 Å². The standard InChI is InChI=1S/C19H19F3N6O/c1-25-9-14(8-23)13-5-11-3-4-12(6-15(11)27-10-13)18(29)28-17(26-2)7-16(24)19(20,21)22/h3-10H,23-24H2,1-2H3,(H,26,28,29)/b14-8+,16-7-,25-9?. The molecule has 0 spiro atoms. The third-order valence-electron chi connectivity index (χ3n) is 3.83. The van der Waals surface area contributed by atoms with Gasteiger partial charge >= 0.3 is 6.18 Å². The first-order valence-electron chi connectivity index (χ1n) is 8.26. The van der Waals surface area contributed by atoms with Gasteiger partial charge in [0, 0.05) is 60.9 Å². The highest BCUT2D eigenvalue weighted by molar-refractivity contribution is 6.12. The molecule has 1 aromatic heterocycles. The van der Waals surface area contributed by atoms with Crippen molar-refractivity contribution in [2.24, 2.45) is 21.5 Å². The first-order valence-corrected chi connectivity index (χ1v) is 8.26. The topological polar surface area (TPSA) is 119 Å². The Balaban J connectivity index is 2.29. The first kappa shape index (κ1) is 21.6. The van der Waals surface area contributed by atoms with E-state index in [1.807, 2.05) is 6.07 Å². The van der Waals surface area contributed by atoms with E-state index >= 15 is 0 Å². The minimum atomic E-state index is -4.72. The predicted molar refractivity (Wildman–Crippen MR) is 107 cm³/mol. The van der Waals surface area contributed by atoms with Gasteiger partial charge in [0.25, 0.3) is 5.91 Å². The number of hydrogen-bond donors (Lipinski definition) is 3. The molecule has 0 aliphatic carbocycles. The van der Waals surface area contributed by atoms with Crippen LogP contribution in [-0.2, 0) is 0 Å². The molecule has 0 atom stereocenters. The van der Waals surface area contributed by atoms with Gasteiger partial charge in [-0.05, 0) is 18.2 Å². The van der Waals surface area contributed by atoms with E-state index in [9.17, 15) is 18.0 Å². The van der Waals surface area contributed by atoms with Crippen LogP contribution in [-0.4, -0.2) is 43.2 Å². The molecule has 0 unspecified atom stereocenters. The van der Waals surface area contributed by atoms with Crippen molar-refractivity contribution < 1.29 is 18.0 Å². The average molecular weight is 404 g/mol. The highest BCUT2D eigenvalue weighted by Gasteiger charge is 2.31. The van der Waals surface area contributed by atoms with E-state index in [1.54, 1.807) is 25.5 Å². The molecule has 5 N–H and O–H groups in total. The molecule has 2 rings (SSSR count). The Morgan fingerprint density at radius 2 is 1.93 bits per heavy atom. The van der Waals surface area contributed by atoms with Gasteiger partial charge in [-0.1, -0.05) is 6.07 Å². The van der Waals surface area contributed by atoms with Crippen LogP contribution in [0.3, 0.4) is 0 Å². The minimum absolute atomic E-state index is 0.197. The number of hydrogen-bond acceptors (Lipinski definition) is 6. The fraction of sp³-hybridized carbons (Fsp3) is 0.158. The summed E-state index contributed by atoms with van der Waals surface area (Å²) in [7, 11) is 2.86. The lowest BCUT2D eigenvalue weighted by Gasteiger charge is -2.09. The van der Waals surface area contributed by atoms with E-state index in [2.05, 4.69) is 20.3 Å². The smallest absolute Gasteiger partial charge is 0.404 e. The summed E-state index contributed by atoms with van der Waals surface area (Å²) < 4.78 is 37.7. The summed E-state index contributed by atoms with van der Waals surface area (Å²) in [6.07, 6.45) is 0.417. The van der Waals surface area contributed by atoms with E-state index in [0.717, 1.165) is 10.9 Å². The van der Waals surface area contributed by atoms with E-state index < -0.39 is 17.8 Å². The van der Waals surface area contributed by atoms with Crippen molar-refractivity contribution in [3.05, 3.63) is 59.6 Å². The van der Waals surface area contributed by atoms with Gasteiger partial charge < -0.3 is 16.8 Å². The van der Waals surface area contributed by atoms with Crippen molar-refractivity contribution >= 4 is 34.4 Å². The van der Waals surface area contributed by atoms with Gasteiger partial charge in [-0.25, -0.2) is 0 Å². The van der Waals surface area contributed by atoms with Crippen LogP contribution in [0.4, 0.5) is 13.2 Å². The molecule has 0 aliphatic rings. The van der Waals surface area contributed by atoms with Crippen LogP contribution >= 0.6 is 0 Å². The fourth-order valence-corrected chi connectivity index (χ4v) is 2.35. The number of amides is 1. The van der Waals surface area contributed by atoms with Crippen LogP contribution in [0.25, 0.3) is 16.5 Å². The van der Waals surface area contributed by atoms with Crippen LogP contribution in [0.1, 0.15) is 15.9 Å². The van der Waals surface area contributed by atoms with E-state index in [0.29, 0.717) is 17.2 Å². The summed E-state index contributed by atoms with van der Waals surface area (Å²) in [6, 6.07) is 6.53. The molecule has 29 heavy (non-hydrogen) atoms. The first-order chi connectivity index (χ1) is 13.7. The Hall–Kier alpha value is -3.69. The Kier molecular flexibility index (Phi) is 6.71. The van der Waals surface area contributed by atoms with Crippen LogP contribution in [0.15, 0.2) is 58.4 Å². The third kappa shape index (κ3) is 5.41. The maximum Gasteiger partial charge on any atom is 0.430 e. The van der Waals surface area contributed by atoms with Gasteiger partial charge in [0.15, 0.2) is 0 Å². The molecule has 1 amide bonds. The second-order valence-corrected chi connectivity index (χ2v) is 5.80. The number of rotatable bonds is 4. The lowest BCUT2D eigenvalue weighted by molar-refractivity contribution is -0.0925. The number of fused-ring (bicyclic) bond motifs is 1. The number of aliphatic imine (C=N–C) groups is 2. The zero-order chi connectivity index (χ0) is 21.6. The van der Waals surface area contributed by atoms with Crippen LogP contribution in [0.5, 0.6) is 0 Å². The highest BCUT2D eigenvalue weighted by atomic mass is 19.4. The van der Waals surface area contributed by atoms with Crippen molar-refractivity contribution in [2.45, 2.75) is 6.18 Å². The van der Waals surface area contributed by atoms with Crippen LogP contribution < -0.4 is 16.8 Å². The van der Waals surface area contributed by atoms with Crippen LogP contribution in [0.2, 0.25) is 0 Å². The van der Waals surface area contributed by atoms with E-state index in [1.165, 1.54) is 25.4 Å². The number of amidine groups is 1. The number of allylic oxidation sites excluding steroid dienone is 2. The van der Waals surface area contributed by atoms with E-state index in [-0.39, 0.29) is 11.4 Å². The number of pyridine rings is 1. The lowest BCUT2D eigenvalue weighted by Crippen LogP contribution is -2.31. The molecule has 0 fully saturated rings. The van der Waals surface area contributed by atoms with Gasteiger partial charge in [0.1, 0.15) is 11.5 Å². The fourth-order valence-electron chi connectivity index (χ4n) is 2.35. The molecule has 0 saturated heterocycles. The lowest BCUT2D eigenvalue weighted by atomic mass is 10.1. The molecule has 152 valence electrons. The Bertz CT molecular complexity index is 1040. The average Bonchev–Trinajstić information content (AvgIpc) is 2.69. The maximum absolute atomic E-state index is 12.6. The second kappa shape index (κ2) is 9.00. The number of carbonyl (C=O) groups is 1. The number of alkyl halides is 3. The largest absolute Gasteiger partial charge is 0.430 e. The van der Waals surface area contributed by atoms with Crippen molar-refractivity contribution in [3.63, 3.8) is 0 Å². The van der Waals surface area contributed by atoms with Gasteiger partial charge in [-0.2, -0.15) is 13.2 Å². The predicted octanol–water partition coefficient (Wildman–Crippen LogP) is 2.40. The van der Waals surface area contributed by atoms with Gasteiger partial charge in [0.2, 0.25) is 0 Å². The second-order valence-electron chi connectivity index (χ2n) is 5.80. The highest BCUT2D eigenvalue weighted by Crippen LogP contribution is 2.21. The Morgan fingerprint density at radius 1 is 1.21 bits per heavy atom.